The predicted octanol–water partition coefficient (Wildman–Crippen LogP) is 4.37. The van der Waals surface area contributed by atoms with Crippen LogP contribution < -0.4 is 10.1 Å². The van der Waals surface area contributed by atoms with Gasteiger partial charge in [0.05, 0.1) is 6.04 Å². The van der Waals surface area contributed by atoms with Crippen molar-refractivity contribution in [1.82, 2.24) is 5.32 Å². The first-order chi connectivity index (χ1) is 13.0. The maximum atomic E-state index is 13.2. The minimum atomic E-state index is -0.384. The third-order valence-electron chi connectivity index (χ3n) is 3.95. The average molecular weight is 383 g/mol. The van der Waals surface area contributed by atoms with Gasteiger partial charge in [-0.2, -0.15) is 0 Å². The molecule has 1 heterocycles. The van der Waals surface area contributed by atoms with Gasteiger partial charge in [-0.1, -0.05) is 30.3 Å². The van der Waals surface area contributed by atoms with Gasteiger partial charge in [0.1, 0.15) is 11.6 Å². The van der Waals surface area contributed by atoms with Crippen molar-refractivity contribution in [3.63, 3.8) is 0 Å². The SMILES string of the molecule is CC(=O)c1cccc(OCC(=O)N[C@H](c2ccc(F)cc2)c2cccs2)c1. The first-order valence-corrected chi connectivity index (χ1v) is 9.23. The highest BCUT2D eigenvalue weighted by atomic mass is 32.1. The van der Waals surface area contributed by atoms with Crippen molar-refractivity contribution < 1.29 is 18.7 Å². The number of carbonyl (C=O) groups is 2. The van der Waals surface area contributed by atoms with E-state index in [1.807, 2.05) is 17.5 Å². The van der Waals surface area contributed by atoms with Gasteiger partial charge in [0.15, 0.2) is 12.4 Å². The molecule has 2 aromatic carbocycles. The van der Waals surface area contributed by atoms with Crippen molar-refractivity contribution in [3.05, 3.63) is 87.9 Å². The van der Waals surface area contributed by atoms with E-state index in [4.69, 9.17) is 4.74 Å². The zero-order valence-corrected chi connectivity index (χ0v) is 15.5. The van der Waals surface area contributed by atoms with Crippen LogP contribution in [0.4, 0.5) is 4.39 Å². The van der Waals surface area contributed by atoms with Gasteiger partial charge in [-0.05, 0) is 48.2 Å². The van der Waals surface area contributed by atoms with Crippen LogP contribution in [0.3, 0.4) is 0 Å². The molecule has 0 spiro atoms. The van der Waals surface area contributed by atoms with Crippen LogP contribution in [-0.4, -0.2) is 18.3 Å². The third-order valence-corrected chi connectivity index (χ3v) is 4.88. The van der Waals surface area contributed by atoms with E-state index in [2.05, 4.69) is 5.32 Å². The minimum Gasteiger partial charge on any atom is -0.484 e. The number of Topliss-reactive ketones (excluding diaryl/α,β-unsaturated/α-hetero) is 1. The fourth-order valence-corrected chi connectivity index (χ4v) is 3.39. The molecule has 3 rings (SSSR count). The zero-order valence-electron chi connectivity index (χ0n) is 14.6. The summed E-state index contributed by atoms with van der Waals surface area (Å²) in [5.74, 6) is -0.263. The molecule has 1 aromatic heterocycles. The van der Waals surface area contributed by atoms with E-state index >= 15 is 0 Å². The summed E-state index contributed by atoms with van der Waals surface area (Å²) in [5, 5.41) is 4.84. The quantitative estimate of drug-likeness (QED) is 0.616. The summed E-state index contributed by atoms with van der Waals surface area (Å²) in [6, 6.07) is 16.1. The first-order valence-electron chi connectivity index (χ1n) is 8.35. The largest absolute Gasteiger partial charge is 0.484 e. The van der Waals surface area contributed by atoms with Crippen molar-refractivity contribution in [2.24, 2.45) is 0 Å². The molecule has 0 saturated heterocycles. The zero-order chi connectivity index (χ0) is 19.2. The van der Waals surface area contributed by atoms with Gasteiger partial charge in [-0.3, -0.25) is 9.59 Å². The van der Waals surface area contributed by atoms with E-state index in [0.29, 0.717) is 11.3 Å². The van der Waals surface area contributed by atoms with Crippen molar-refractivity contribution in [2.45, 2.75) is 13.0 Å². The lowest BCUT2D eigenvalue weighted by Crippen LogP contribution is -2.32. The average Bonchev–Trinajstić information content (AvgIpc) is 3.20. The maximum absolute atomic E-state index is 13.2. The summed E-state index contributed by atoms with van der Waals surface area (Å²) in [6.45, 7) is 1.28. The molecular weight excluding hydrogens is 365 g/mol. The number of benzene rings is 2. The molecular formula is C21H18FNO3S. The molecule has 6 heteroatoms. The number of rotatable bonds is 7. The summed E-state index contributed by atoms with van der Waals surface area (Å²) in [5.41, 5.74) is 1.31. The van der Waals surface area contributed by atoms with Crippen LogP contribution in [-0.2, 0) is 4.79 Å². The highest BCUT2D eigenvalue weighted by molar-refractivity contribution is 7.10. The van der Waals surface area contributed by atoms with E-state index in [0.717, 1.165) is 10.4 Å². The second-order valence-corrected chi connectivity index (χ2v) is 6.92. The Morgan fingerprint density at radius 2 is 1.89 bits per heavy atom. The number of hydrogen-bond donors (Lipinski definition) is 1. The standard InChI is InChI=1S/C21H18FNO3S/c1-14(24)16-4-2-5-18(12-16)26-13-20(25)23-21(19-6-3-11-27-19)15-7-9-17(22)10-8-15/h2-12,21H,13H2,1H3,(H,23,25)/t21-/m1/s1. The molecule has 1 amide bonds. The molecule has 3 aromatic rings. The van der Waals surface area contributed by atoms with Crippen molar-refractivity contribution in [3.8, 4) is 5.75 Å². The highest BCUT2D eigenvalue weighted by Crippen LogP contribution is 2.26. The van der Waals surface area contributed by atoms with Crippen LogP contribution >= 0.6 is 11.3 Å². The van der Waals surface area contributed by atoms with E-state index in [-0.39, 0.29) is 30.2 Å². The van der Waals surface area contributed by atoms with Crippen molar-refractivity contribution >= 4 is 23.0 Å². The number of amides is 1. The Labute approximate surface area is 160 Å². The van der Waals surface area contributed by atoms with E-state index in [1.165, 1.54) is 30.4 Å². The number of carbonyl (C=O) groups excluding carboxylic acids is 2. The minimum absolute atomic E-state index is 0.0704. The second-order valence-electron chi connectivity index (χ2n) is 5.94. The number of halogens is 1. The highest BCUT2D eigenvalue weighted by Gasteiger charge is 2.18. The Morgan fingerprint density at radius 3 is 2.56 bits per heavy atom. The van der Waals surface area contributed by atoms with Crippen LogP contribution in [0.1, 0.15) is 33.8 Å². The Bertz CT molecular complexity index is 923. The van der Waals surface area contributed by atoms with Crippen LogP contribution in [0.15, 0.2) is 66.0 Å². The fourth-order valence-electron chi connectivity index (χ4n) is 2.59. The molecule has 27 heavy (non-hydrogen) atoms. The van der Waals surface area contributed by atoms with E-state index < -0.39 is 0 Å². The van der Waals surface area contributed by atoms with Gasteiger partial charge in [0, 0.05) is 10.4 Å². The van der Waals surface area contributed by atoms with Gasteiger partial charge in [-0.15, -0.1) is 11.3 Å². The molecule has 4 nitrogen and oxygen atoms in total. The van der Waals surface area contributed by atoms with Gasteiger partial charge in [0.2, 0.25) is 0 Å². The molecule has 0 aliphatic rings. The Balaban J connectivity index is 1.69. The van der Waals surface area contributed by atoms with Crippen molar-refractivity contribution in [1.29, 1.82) is 0 Å². The summed E-state index contributed by atoms with van der Waals surface area (Å²) in [4.78, 5) is 24.8. The number of hydrogen-bond acceptors (Lipinski definition) is 4. The molecule has 0 unspecified atom stereocenters. The number of ether oxygens (including phenoxy) is 1. The molecule has 0 radical (unpaired) electrons. The molecule has 1 N–H and O–H groups in total. The van der Waals surface area contributed by atoms with Gasteiger partial charge < -0.3 is 10.1 Å². The lowest BCUT2D eigenvalue weighted by molar-refractivity contribution is -0.123. The lowest BCUT2D eigenvalue weighted by atomic mass is 10.1. The maximum Gasteiger partial charge on any atom is 0.258 e. The Morgan fingerprint density at radius 1 is 1.11 bits per heavy atom. The third kappa shape index (κ3) is 5.01. The number of ketones is 1. The van der Waals surface area contributed by atoms with Gasteiger partial charge in [-0.25, -0.2) is 4.39 Å². The molecule has 0 aliphatic carbocycles. The first kappa shape index (κ1) is 18.8. The number of thiophene rings is 1. The monoisotopic (exact) mass is 383 g/mol. The molecule has 0 saturated carbocycles. The Kier molecular flexibility index (Phi) is 5.98. The topological polar surface area (TPSA) is 55.4 Å². The smallest absolute Gasteiger partial charge is 0.258 e. The van der Waals surface area contributed by atoms with Crippen molar-refractivity contribution in [2.75, 3.05) is 6.61 Å². The fraction of sp³-hybridized carbons (Fsp3) is 0.143. The normalized spacial score (nSPS) is 11.6. The second kappa shape index (κ2) is 8.60. The van der Waals surface area contributed by atoms with E-state index in [1.54, 1.807) is 36.4 Å². The van der Waals surface area contributed by atoms with Crippen LogP contribution in [0.25, 0.3) is 0 Å². The molecule has 0 bridgehead atoms. The summed E-state index contributed by atoms with van der Waals surface area (Å²) < 4.78 is 18.7. The molecule has 0 fully saturated rings. The summed E-state index contributed by atoms with van der Waals surface area (Å²) >= 11 is 1.50. The summed E-state index contributed by atoms with van der Waals surface area (Å²) in [6.07, 6.45) is 0. The van der Waals surface area contributed by atoms with Crippen LogP contribution in [0.2, 0.25) is 0 Å². The summed E-state index contributed by atoms with van der Waals surface area (Å²) in [7, 11) is 0. The molecule has 1 atom stereocenters. The predicted molar refractivity (Wildman–Crippen MR) is 103 cm³/mol. The lowest BCUT2D eigenvalue weighted by Gasteiger charge is -2.18. The molecule has 138 valence electrons. The number of nitrogens with one attached hydrogen (secondary N) is 1. The van der Waals surface area contributed by atoms with Crippen LogP contribution in [0, 0.1) is 5.82 Å². The van der Waals surface area contributed by atoms with Crippen LogP contribution in [0.5, 0.6) is 5.75 Å². The van der Waals surface area contributed by atoms with Gasteiger partial charge in [0.25, 0.3) is 5.91 Å². The Hall–Kier alpha value is -2.99. The molecule has 0 aliphatic heterocycles. The van der Waals surface area contributed by atoms with E-state index in [9.17, 15) is 14.0 Å². The van der Waals surface area contributed by atoms with Gasteiger partial charge >= 0.3 is 0 Å².